The van der Waals surface area contributed by atoms with Gasteiger partial charge in [0.05, 0.1) is 11.8 Å². The molecule has 0 saturated heterocycles. The predicted molar refractivity (Wildman–Crippen MR) is 77.4 cm³/mol. The topological polar surface area (TPSA) is 80.8 Å². The van der Waals surface area contributed by atoms with Crippen LogP contribution < -0.4 is 0 Å². The van der Waals surface area contributed by atoms with Gasteiger partial charge in [-0.1, -0.05) is 30.3 Å². The van der Waals surface area contributed by atoms with Crippen molar-refractivity contribution in [2.75, 3.05) is 13.3 Å². The second-order valence-electron chi connectivity index (χ2n) is 4.45. The Kier molecular flexibility index (Phi) is 4.06. The molecule has 6 nitrogen and oxygen atoms in total. The molecule has 0 aliphatic carbocycles. The highest BCUT2D eigenvalue weighted by atomic mass is 32.2. The van der Waals surface area contributed by atoms with E-state index in [2.05, 4.69) is 4.28 Å². The first kappa shape index (κ1) is 15.1. The number of nitrogens with zero attached hydrogens (tertiary/aromatic N) is 1. The van der Waals surface area contributed by atoms with Crippen LogP contribution in [0.5, 0.6) is 0 Å². The molecule has 2 aromatic rings. The highest BCUT2D eigenvalue weighted by Gasteiger charge is 2.20. The van der Waals surface area contributed by atoms with E-state index < -0.39 is 16.0 Å². The maximum atomic E-state index is 12.3. The van der Waals surface area contributed by atoms with Crippen LogP contribution in [0.1, 0.15) is 20.7 Å². The first-order valence-corrected chi connectivity index (χ1v) is 7.79. The molecule has 0 radical (unpaired) electrons. The van der Waals surface area contributed by atoms with E-state index in [9.17, 15) is 18.0 Å². The van der Waals surface area contributed by atoms with Gasteiger partial charge in [0.15, 0.2) is 6.29 Å². The molecule has 0 aromatic heterocycles. The molecule has 0 aliphatic rings. The van der Waals surface area contributed by atoms with E-state index >= 15 is 0 Å². The molecule has 2 rings (SSSR count). The summed E-state index contributed by atoms with van der Waals surface area (Å²) in [4.78, 5) is 23.5. The molecule has 21 heavy (non-hydrogen) atoms. The van der Waals surface area contributed by atoms with Crippen molar-refractivity contribution in [2.45, 2.75) is 0 Å². The molecule has 1 amide bonds. The molecule has 0 unspecified atom stereocenters. The van der Waals surface area contributed by atoms with Crippen molar-refractivity contribution < 1.29 is 22.3 Å². The van der Waals surface area contributed by atoms with E-state index in [1.165, 1.54) is 13.1 Å². The van der Waals surface area contributed by atoms with Gasteiger partial charge in [-0.2, -0.15) is 8.42 Å². The van der Waals surface area contributed by atoms with Crippen molar-refractivity contribution >= 4 is 33.1 Å². The Labute approximate surface area is 122 Å². The third-order valence-corrected chi connectivity index (χ3v) is 3.32. The monoisotopic (exact) mass is 307 g/mol. The third-order valence-electron chi connectivity index (χ3n) is 2.83. The van der Waals surface area contributed by atoms with E-state index in [0.29, 0.717) is 27.7 Å². The third kappa shape index (κ3) is 3.26. The zero-order valence-corrected chi connectivity index (χ0v) is 12.3. The summed E-state index contributed by atoms with van der Waals surface area (Å²) in [6.45, 7) is 0. The minimum absolute atomic E-state index is 0.196. The van der Waals surface area contributed by atoms with Crippen LogP contribution in [-0.4, -0.2) is 39.0 Å². The molecule has 0 saturated carbocycles. The molecule has 110 valence electrons. The summed E-state index contributed by atoms with van der Waals surface area (Å²) in [7, 11) is -2.61. The van der Waals surface area contributed by atoms with E-state index in [0.717, 1.165) is 6.26 Å². The average molecular weight is 307 g/mol. The summed E-state index contributed by atoms with van der Waals surface area (Å²) in [5.41, 5.74) is 0.547. The number of amides is 1. The SMILES string of the molecule is CN(OS(C)(=O)=O)C(=O)c1cccc2cccc(C=O)c12. The van der Waals surface area contributed by atoms with Gasteiger partial charge in [0.2, 0.25) is 0 Å². The molecule has 0 bridgehead atoms. The minimum Gasteiger partial charge on any atom is -0.298 e. The Balaban J connectivity index is 2.56. The maximum absolute atomic E-state index is 12.3. The Morgan fingerprint density at radius 1 is 1.19 bits per heavy atom. The van der Waals surface area contributed by atoms with E-state index in [-0.39, 0.29) is 5.56 Å². The number of hydroxylamine groups is 2. The Morgan fingerprint density at radius 2 is 1.81 bits per heavy atom. The van der Waals surface area contributed by atoms with Gasteiger partial charge in [0.25, 0.3) is 16.0 Å². The minimum atomic E-state index is -3.81. The number of rotatable bonds is 4. The summed E-state index contributed by atoms with van der Waals surface area (Å²) in [6, 6.07) is 9.98. The number of benzene rings is 2. The highest BCUT2D eigenvalue weighted by Crippen LogP contribution is 2.23. The molecule has 0 spiro atoms. The van der Waals surface area contributed by atoms with E-state index in [1.54, 1.807) is 30.3 Å². The molecule has 0 fully saturated rings. The van der Waals surface area contributed by atoms with Gasteiger partial charge in [-0.3, -0.25) is 9.59 Å². The summed E-state index contributed by atoms with van der Waals surface area (Å²) >= 11 is 0. The lowest BCUT2D eigenvalue weighted by Crippen LogP contribution is -2.29. The number of carbonyl (C=O) groups excluding carboxylic acids is 2. The number of hydrogen-bond donors (Lipinski definition) is 0. The van der Waals surface area contributed by atoms with Crippen LogP contribution in [0, 0.1) is 0 Å². The lowest BCUT2D eigenvalue weighted by Gasteiger charge is -2.16. The van der Waals surface area contributed by atoms with Gasteiger partial charge >= 0.3 is 0 Å². The largest absolute Gasteiger partial charge is 0.298 e. The first-order valence-electron chi connectivity index (χ1n) is 5.98. The summed E-state index contributed by atoms with van der Waals surface area (Å²) in [6.07, 6.45) is 1.49. The van der Waals surface area contributed by atoms with Crippen LogP contribution in [0.4, 0.5) is 0 Å². The summed E-state index contributed by atoms with van der Waals surface area (Å²) in [5.74, 6) is -0.652. The van der Waals surface area contributed by atoms with Gasteiger partial charge in [-0.15, -0.1) is 4.28 Å². The number of fused-ring (bicyclic) bond motifs is 1. The zero-order valence-electron chi connectivity index (χ0n) is 11.4. The molecular formula is C14H13NO5S. The highest BCUT2D eigenvalue weighted by molar-refractivity contribution is 7.85. The maximum Gasteiger partial charge on any atom is 0.285 e. The Morgan fingerprint density at radius 3 is 2.38 bits per heavy atom. The van der Waals surface area contributed by atoms with Crippen LogP contribution in [-0.2, 0) is 14.4 Å². The van der Waals surface area contributed by atoms with Gasteiger partial charge in [-0.05, 0) is 11.5 Å². The number of aldehydes is 1. The molecular weight excluding hydrogens is 294 g/mol. The molecule has 0 N–H and O–H groups in total. The van der Waals surface area contributed by atoms with Gasteiger partial charge in [0.1, 0.15) is 0 Å². The fourth-order valence-corrected chi connectivity index (χ4v) is 2.53. The molecule has 2 aromatic carbocycles. The normalized spacial score (nSPS) is 11.3. The molecule has 0 atom stereocenters. The lowest BCUT2D eigenvalue weighted by atomic mass is 9.99. The molecule has 7 heteroatoms. The van der Waals surface area contributed by atoms with Gasteiger partial charge in [0, 0.05) is 18.0 Å². The average Bonchev–Trinajstić information content (AvgIpc) is 2.43. The smallest absolute Gasteiger partial charge is 0.285 e. The van der Waals surface area contributed by atoms with Crippen molar-refractivity contribution in [3.05, 3.63) is 47.5 Å². The van der Waals surface area contributed by atoms with Crippen LogP contribution in [0.3, 0.4) is 0 Å². The summed E-state index contributed by atoms with van der Waals surface area (Å²) in [5, 5.41) is 1.80. The quantitative estimate of drug-likeness (QED) is 0.633. The lowest BCUT2D eigenvalue weighted by molar-refractivity contribution is -0.00790. The Hall–Kier alpha value is -2.25. The fourth-order valence-electron chi connectivity index (χ4n) is 2.05. The van der Waals surface area contributed by atoms with Crippen molar-refractivity contribution in [3.8, 4) is 0 Å². The van der Waals surface area contributed by atoms with Crippen LogP contribution in [0.2, 0.25) is 0 Å². The first-order chi connectivity index (χ1) is 9.83. The van der Waals surface area contributed by atoms with Crippen molar-refractivity contribution in [3.63, 3.8) is 0 Å². The van der Waals surface area contributed by atoms with Gasteiger partial charge < -0.3 is 0 Å². The van der Waals surface area contributed by atoms with Crippen LogP contribution in [0.15, 0.2) is 36.4 Å². The van der Waals surface area contributed by atoms with Crippen LogP contribution >= 0.6 is 0 Å². The second kappa shape index (κ2) is 5.63. The van der Waals surface area contributed by atoms with E-state index in [1.807, 2.05) is 0 Å². The number of hydrogen-bond acceptors (Lipinski definition) is 5. The van der Waals surface area contributed by atoms with Crippen molar-refractivity contribution in [1.29, 1.82) is 0 Å². The summed E-state index contributed by atoms with van der Waals surface area (Å²) < 4.78 is 26.7. The Bertz CT molecular complexity index is 808. The molecule has 0 heterocycles. The zero-order chi connectivity index (χ0) is 15.6. The predicted octanol–water partition coefficient (Wildman–Crippen LogP) is 1.62. The fraction of sp³-hybridized carbons (Fsp3) is 0.143. The van der Waals surface area contributed by atoms with Gasteiger partial charge in [-0.25, -0.2) is 5.06 Å². The number of carbonyl (C=O) groups is 2. The second-order valence-corrected chi connectivity index (χ2v) is 6.01. The standard InChI is InChI=1S/C14H13NO5S/c1-15(20-21(2,18)19)14(17)12-8-4-6-10-5-3-7-11(9-16)13(10)12/h3-9H,1-2H3. The van der Waals surface area contributed by atoms with Crippen LogP contribution in [0.25, 0.3) is 10.8 Å². The van der Waals surface area contributed by atoms with E-state index in [4.69, 9.17) is 0 Å². The van der Waals surface area contributed by atoms with Crippen molar-refractivity contribution in [1.82, 2.24) is 5.06 Å². The molecule has 0 aliphatic heterocycles. The van der Waals surface area contributed by atoms with Crippen molar-refractivity contribution in [2.24, 2.45) is 0 Å².